The summed E-state index contributed by atoms with van der Waals surface area (Å²) in [6, 6.07) is 10.6. The largest absolute Gasteiger partial charge is 0.494 e. The van der Waals surface area contributed by atoms with Crippen molar-refractivity contribution in [3.63, 3.8) is 0 Å². The van der Waals surface area contributed by atoms with Crippen LogP contribution in [0.4, 0.5) is 5.69 Å². The second-order valence-electron chi connectivity index (χ2n) is 4.79. The first-order valence-electron chi connectivity index (χ1n) is 7.25. The summed E-state index contributed by atoms with van der Waals surface area (Å²) in [6.45, 7) is 2.52. The average Bonchev–Trinajstić information content (AvgIpc) is 3.11. The lowest BCUT2D eigenvalue weighted by atomic mass is 10.2. The number of nitrogens with zero attached hydrogens (tertiary/aromatic N) is 3. The highest BCUT2D eigenvalue weighted by molar-refractivity contribution is 6.04. The zero-order chi connectivity index (χ0) is 16.1. The van der Waals surface area contributed by atoms with Crippen molar-refractivity contribution in [2.45, 2.75) is 6.92 Å². The van der Waals surface area contributed by atoms with E-state index in [1.54, 1.807) is 59.8 Å². The third kappa shape index (κ3) is 3.55. The minimum atomic E-state index is -0.190. The maximum atomic E-state index is 12.2. The minimum absolute atomic E-state index is 0.190. The molecule has 1 amide bonds. The summed E-state index contributed by atoms with van der Waals surface area (Å²) in [5.41, 5.74) is 1.19. The highest BCUT2D eigenvalue weighted by Crippen LogP contribution is 2.14. The second kappa shape index (κ2) is 6.74. The Bertz CT molecular complexity index is 765. The SMILES string of the molecule is CCOc1ccc(C(=O)Nc2ccc(-n3ccnc3)nc2)cc1. The Balaban J connectivity index is 1.67. The first-order chi connectivity index (χ1) is 11.3. The fraction of sp³-hybridized carbons (Fsp3) is 0.118. The van der Waals surface area contributed by atoms with Gasteiger partial charge in [-0.1, -0.05) is 0 Å². The average molecular weight is 308 g/mol. The van der Waals surface area contributed by atoms with E-state index in [1.165, 1.54) is 0 Å². The molecule has 0 aliphatic carbocycles. The van der Waals surface area contributed by atoms with Gasteiger partial charge >= 0.3 is 0 Å². The number of hydrogen-bond acceptors (Lipinski definition) is 4. The summed E-state index contributed by atoms with van der Waals surface area (Å²) in [4.78, 5) is 20.5. The van der Waals surface area contributed by atoms with Crippen LogP contribution in [0.1, 0.15) is 17.3 Å². The lowest BCUT2D eigenvalue weighted by Crippen LogP contribution is -2.12. The number of anilines is 1. The van der Waals surface area contributed by atoms with E-state index in [1.807, 2.05) is 13.0 Å². The maximum absolute atomic E-state index is 12.2. The van der Waals surface area contributed by atoms with E-state index in [4.69, 9.17) is 4.74 Å². The highest BCUT2D eigenvalue weighted by atomic mass is 16.5. The van der Waals surface area contributed by atoms with Crippen LogP contribution < -0.4 is 10.1 Å². The Morgan fingerprint density at radius 2 is 2.04 bits per heavy atom. The predicted molar refractivity (Wildman–Crippen MR) is 86.9 cm³/mol. The number of ether oxygens (including phenoxy) is 1. The van der Waals surface area contributed by atoms with Crippen LogP contribution in [0.5, 0.6) is 5.75 Å². The first-order valence-corrected chi connectivity index (χ1v) is 7.25. The van der Waals surface area contributed by atoms with E-state index in [0.717, 1.165) is 11.6 Å². The number of aromatic nitrogens is 3. The van der Waals surface area contributed by atoms with Crippen molar-refractivity contribution >= 4 is 11.6 Å². The molecule has 0 fully saturated rings. The Hall–Kier alpha value is -3.15. The topological polar surface area (TPSA) is 69.0 Å². The van der Waals surface area contributed by atoms with E-state index in [-0.39, 0.29) is 5.91 Å². The molecule has 6 nitrogen and oxygen atoms in total. The molecule has 0 atom stereocenters. The molecule has 0 saturated heterocycles. The van der Waals surface area contributed by atoms with Crippen molar-refractivity contribution in [1.82, 2.24) is 14.5 Å². The molecule has 1 N–H and O–H groups in total. The normalized spacial score (nSPS) is 10.3. The highest BCUT2D eigenvalue weighted by Gasteiger charge is 2.07. The molecule has 116 valence electrons. The van der Waals surface area contributed by atoms with Gasteiger partial charge in [0, 0.05) is 18.0 Å². The van der Waals surface area contributed by atoms with Crippen molar-refractivity contribution in [2.75, 3.05) is 11.9 Å². The molecule has 0 unspecified atom stereocenters. The van der Waals surface area contributed by atoms with Crippen LogP contribution in [0.25, 0.3) is 5.82 Å². The summed E-state index contributed by atoms with van der Waals surface area (Å²) in [7, 11) is 0. The van der Waals surface area contributed by atoms with Gasteiger partial charge in [-0.3, -0.25) is 9.36 Å². The van der Waals surface area contributed by atoms with Crippen LogP contribution in [0.3, 0.4) is 0 Å². The van der Waals surface area contributed by atoms with Crippen LogP contribution in [0.15, 0.2) is 61.3 Å². The first kappa shape index (κ1) is 14.8. The van der Waals surface area contributed by atoms with Gasteiger partial charge in [-0.05, 0) is 43.3 Å². The molecule has 1 aromatic carbocycles. The molecular weight excluding hydrogens is 292 g/mol. The summed E-state index contributed by atoms with van der Waals surface area (Å²) >= 11 is 0. The Labute approximate surface area is 133 Å². The van der Waals surface area contributed by atoms with E-state index in [0.29, 0.717) is 17.9 Å². The maximum Gasteiger partial charge on any atom is 0.255 e. The summed E-state index contributed by atoms with van der Waals surface area (Å²) in [6.07, 6.45) is 6.77. The quantitative estimate of drug-likeness (QED) is 0.787. The molecule has 2 heterocycles. The number of carbonyl (C=O) groups is 1. The van der Waals surface area contributed by atoms with Gasteiger partial charge in [-0.15, -0.1) is 0 Å². The van der Waals surface area contributed by atoms with Crippen molar-refractivity contribution in [3.05, 3.63) is 66.9 Å². The van der Waals surface area contributed by atoms with Crippen LogP contribution in [0.2, 0.25) is 0 Å². The number of benzene rings is 1. The van der Waals surface area contributed by atoms with Crippen molar-refractivity contribution in [2.24, 2.45) is 0 Å². The Morgan fingerprint density at radius 1 is 1.22 bits per heavy atom. The molecule has 0 saturated carbocycles. The fourth-order valence-electron chi connectivity index (χ4n) is 2.08. The zero-order valence-electron chi connectivity index (χ0n) is 12.6. The monoisotopic (exact) mass is 308 g/mol. The van der Waals surface area contributed by atoms with E-state index >= 15 is 0 Å². The minimum Gasteiger partial charge on any atom is -0.494 e. The number of imidazole rings is 1. The van der Waals surface area contributed by atoms with Crippen LogP contribution >= 0.6 is 0 Å². The molecule has 6 heteroatoms. The predicted octanol–water partition coefficient (Wildman–Crippen LogP) is 2.92. The van der Waals surface area contributed by atoms with Gasteiger partial charge in [0.15, 0.2) is 0 Å². The standard InChI is InChI=1S/C17H16N4O2/c1-2-23-15-6-3-13(4-7-15)17(22)20-14-5-8-16(19-11-14)21-10-9-18-12-21/h3-12H,2H2,1H3,(H,20,22). The lowest BCUT2D eigenvalue weighted by Gasteiger charge is -2.07. The Kier molecular flexibility index (Phi) is 4.33. The van der Waals surface area contributed by atoms with Crippen LogP contribution in [-0.4, -0.2) is 27.0 Å². The van der Waals surface area contributed by atoms with E-state index < -0.39 is 0 Å². The molecule has 3 rings (SSSR count). The van der Waals surface area contributed by atoms with Gasteiger partial charge in [0.25, 0.3) is 5.91 Å². The fourth-order valence-corrected chi connectivity index (χ4v) is 2.08. The number of carbonyl (C=O) groups excluding carboxylic acids is 1. The lowest BCUT2D eigenvalue weighted by molar-refractivity contribution is 0.102. The van der Waals surface area contributed by atoms with Gasteiger partial charge in [0.05, 0.1) is 18.5 Å². The molecule has 0 aliphatic heterocycles. The van der Waals surface area contributed by atoms with Crippen molar-refractivity contribution in [3.8, 4) is 11.6 Å². The van der Waals surface area contributed by atoms with Gasteiger partial charge < -0.3 is 10.1 Å². The Morgan fingerprint density at radius 3 is 2.65 bits per heavy atom. The molecule has 0 radical (unpaired) electrons. The van der Waals surface area contributed by atoms with E-state index in [9.17, 15) is 4.79 Å². The third-order valence-electron chi connectivity index (χ3n) is 3.20. The number of pyridine rings is 1. The molecule has 2 aromatic heterocycles. The number of amides is 1. The third-order valence-corrected chi connectivity index (χ3v) is 3.20. The smallest absolute Gasteiger partial charge is 0.255 e. The molecule has 3 aromatic rings. The van der Waals surface area contributed by atoms with Gasteiger partial charge in [-0.2, -0.15) is 0 Å². The van der Waals surface area contributed by atoms with Gasteiger partial charge in [0.1, 0.15) is 17.9 Å². The van der Waals surface area contributed by atoms with Crippen molar-refractivity contribution in [1.29, 1.82) is 0 Å². The van der Waals surface area contributed by atoms with Crippen molar-refractivity contribution < 1.29 is 9.53 Å². The van der Waals surface area contributed by atoms with Crippen LogP contribution in [-0.2, 0) is 0 Å². The number of rotatable bonds is 5. The van der Waals surface area contributed by atoms with Gasteiger partial charge in [0.2, 0.25) is 0 Å². The summed E-state index contributed by atoms with van der Waals surface area (Å²) in [5.74, 6) is 1.29. The zero-order valence-corrected chi connectivity index (χ0v) is 12.6. The van der Waals surface area contributed by atoms with Crippen LogP contribution in [0, 0.1) is 0 Å². The number of nitrogens with one attached hydrogen (secondary N) is 1. The summed E-state index contributed by atoms with van der Waals surface area (Å²) in [5, 5.41) is 2.82. The summed E-state index contributed by atoms with van der Waals surface area (Å²) < 4.78 is 7.15. The van der Waals surface area contributed by atoms with E-state index in [2.05, 4.69) is 15.3 Å². The molecule has 23 heavy (non-hydrogen) atoms. The molecular formula is C17H16N4O2. The molecule has 0 aliphatic rings. The molecule has 0 bridgehead atoms. The van der Waals surface area contributed by atoms with Gasteiger partial charge in [-0.25, -0.2) is 9.97 Å². The second-order valence-corrected chi connectivity index (χ2v) is 4.79. The number of hydrogen-bond donors (Lipinski definition) is 1. The molecule has 0 spiro atoms.